The molecule has 2 aromatic rings. The number of para-hydroxylation sites is 1. The average Bonchev–Trinajstić information content (AvgIpc) is 3.14. The topological polar surface area (TPSA) is 44.9 Å². The van der Waals surface area contributed by atoms with Crippen LogP contribution in [0.25, 0.3) is 10.9 Å². The molecule has 1 aromatic heterocycles. The molecular formula is C15H18N2O. The van der Waals surface area contributed by atoms with Crippen molar-refractivity contribution >= 4 is 16.8 Å². The van der Waals surface area contributed by atoms with Gasteiger partial charge in [-0.25, -0.2) is 0 Å². The minimum absolute atomic E-state index is 0.192. The molecule has 1 fully saturated rings. The van der Waals surface area contributed by atoms with Gasteiger partial charge in [-0.2, -0.15) is 0 Å². The number of hydrogen-bond acceptors (Lipinski definition) is 1. The predicted molar refractivity (Wildman–Crippen MR) is 72.3 cm³/mol. The van der Waals surface area contributed by atoms with Crippen molar-refractivity contribution in [1.82, 2.24) is 10.3 Å². The first-order chi connectivity index (χ1) is 8.74. The van der Waals surface area contributed by atoms with Crippen molar-refractivity contribution in [1.29, 1.82) is 0 Å². The lowest BCUT2D eigenvalue weighted by atomic mass is 10.1. The fraction of sp³-hybridized carbons (Fsp3) is 0.400. The lowest BCUT2D eigenvalue weighted by Gasteiger charge is -2.13. The van der Waals surface area contributed by atoms with Crippen molar-refractivity contribution in [2.24, 2.45) is 5.92 Å². The monoisotopic (exact) mass is 242 g/mol. The maximum absolute atomic E-state index is 11.7. The number of hydrogen-bond donors (Lipinski definition) is 2. The van der Waals surface area contributed by atoms with Gasteiger partial charge in [0.1, 0.15) is 0 Å². The van der Waals surface area contributed by atoms with E-state index in [2.05, 4.69) is 29.4 Å². The summed E-state index contributed by atoms with van der Waals surface area (Å²) < 4.78 is 0. The number of H-pyrrole nitrogens is 1. The summed E-state index contributed by atoms with van der Waals surface area (Å²) in [5, 5.41) is 4.35. The van der Waals surface area contributed by atoms with Gasteiger partial charge in [0, 0.05) is 29.1 Å². The number of aromatic amines is 1. The van der Waals surface area contributed by atoms with E-state index in [1.807, 2.05) is 18.3 Å². The summed E-state index contributed by atoms with van der Waals surface area (Å²) in [4.78, 5) is 15.0. The standard InChI is InChI=1S/C15H18N2O/c1-10(17-15(18)11-6-7-11)8-12-9-16-14-5-3-2-4-13(12)14/h2-5,9-11,16H,6-8H2,1H3,(H,17,18)/t10-/m1/s1. The van der Waals surface area contributed by atoms with Gasteiger partial charge in [-0.15, -0.1) is 0 Å². The van der Waals surface area contributed by atoms with E-state index in [1.165, 1.54) is 10.9 Å². The first kappa shape index (κ1) is 11.3. The molecule has 2 N–H and O–H groups in total. The van der Waals surface area contributed by atoms with E-state index in [-0.39, 0.29) is 17.9 Å². The molecule has 3 rings (SSSR count). The zero-order valence-electron chi connectivity index (χ0n) is 10.6. The Labute approximate surface area is 107 Å². The van der Waals surface area contributed by atoms with E-state index in [4.69, 9.17) is 0 Å². The molecule has 1 aliphatic rings. The Hall–Kier alpha value is -1.77. The molecular weight excluding hydrogens is 224 g/mol. The van der Waals surface area contributed by atoms with Crippen LogP contribution in [0.5, 0.6) is 0 Å². The van der Waals surface area contributed by atoms with Gasteiger partial charge in [0.05, 0.1) is 0 Å². The van der Waals surface area contributed by atoms with Crippen molar-refractivity contribution in [2.75, 3.05) is 0 Å². The van der Waals surface area contributed by atoms with Crippen molar-refractivity contribution in [3.8, 4) is 0 Å². The lowest BCUT2D eigenvalue weighted by molar-refractivity contribution is -0.122. The van der Waals surface area contributed by atoms with E-state index in [0.717, 1.165) is 24.8 Å². The number of nitrogens with one attached hydrogen (secondary N) is 2. The Morgan fingerprint density at radius 3 is 3.00 bits per heavy atom. The van der Waals surface area contributed by atoms with Gasteiger partial charge in [-0.05, 0) is 37.8 Å². The lowest BCUT2D eigenvalue weighted by Crippen LogP contribution is -2.35. The fourth-order valence-corrected chi connectivity index (χ4v) is 2.39. The molecule has 0 aliphatic heterocycles. The number of amides is 1. The highest BCUT2D eigenvalue weighted by molar-refractivity contribution is 5.83. The molecule has 1 heterocycles. The third-order valence-electron chi connectivity index (χ3n) is 3.54. The molecule has 1 aliphatic carbocycles. The smallest absolute Gasteiger partial charge is 0.223 e. The Bertz CT molecular complexity index is 569. The molecule has 1 atom stereocenters. The first-order valence-corrected chi connectivity index (χ1v) is 6.59. The highest BCUT2D eigenvalue weighted by Crippen LogP contribution is 2.29. The normalized spacial score (nSPS) is 16.7. The molecule has 1 amide bonds. The number of fused-ring (bicyclic) bond motifs is 1. The maximum atomic E-state index is 11.7. The SMILES string of the molecule is C[C@H](Cc1c[nH]c2ccccc12)NC(=O)C1CC1. The summed E-state index contributed by atoms with van der Waals surface area (Å²) in [6.45, 7) is 2.07. The molecule has 1 aromatic carbocycles. The average molecular weight is 242 g/mol. The quantitative estimate of drug-likeness (QED) is 0.850. The number of rotatable bonds is 4. The Kier molecular flexibility index (Phi) is 2.82. The van der Waals surface area contributed by atoms with Gasteiger partial charge < -0.3 is 10.3 Å². The zero-order chi connectivity index (χ0) is 12.5. The van der Waals surface area contributed by atoms with Crippen LogP contribution in [0.15, 0.2) is 30.5 Å². The van der Waals surface area contributed by atoms with Crippen LogP contribution in [-0.4, -0.2) is 16.9 Å². The van der Waals surface area contributed by atoms with Gasteiger partial charge in [-0.3, -0.25) is 4.79 Å². The summed E-state index contributed by atoms with van der Waals surface area (Å²) in [6.07, 6.45) is 5.05. The molecule has 0 saturated heterocycles. The third kappa shape index (κ3) is 2.26. The van der Waals surface area contributed by atoms with Crippen molar-refractivity contribution in [2.45, 2.75) is 32.2 Å². The van der Waals surface area contributed by atoms with E-state index in [9.17, 15) is 4.79 Å². The van der Waals surface area contributed by atoms with E-state index >= 15 is 0 Å². The molecule has 1 saturated carbocycles. The highest BCUT2D eigenvalue weighted by Gasteiger charge is 2.30. The predicted octanol–water partition coefficient (Wildman–Crippen LogP) is 2.63. The van der Waals surface area contributed by atoms with Gasteiger partial charge in [0.25, 0.3) is 0 Å². The van der Waals surface area contributed by atoms with E-state index in [0.29, 0.717) is 0 Å². The Balaban J connectivity index is 1.69. The Morgan fingerprint density at radius 2 is 2.22 bits per heavy atom. The van der Waals surface area contributed by atoms with Gasteiger partial charge in [0.15, 0.2) is 0 Å². The summed E-state index contributed by atoms with van der Waals surface area (Å²) in [6, 6.07) is 8.47. The number of aromatic nitrogens is 1. The molecule has 94 valence electrons. The molecule has 0 spiro atoms. The second-order valence-corrected chi connectivity index (χ2v) is 5.25. The van der Waals surface area contributed by atoms with Gasteiger partial charge in [0.2, 0.25) is 5.91 Å². The minimum atomic E-state index is 0.192. The molecule has 3 heteroatoms. The van der Waals surface area contributed by atoms with Crippen LogP contribution in [0.2, 0.25) is 0 Å². The zero-order valence-corrected chi connectivity index (χ0v) is 10.6. The van der Waals surface area contributed by atoms with Crippen molar-refractivity contribution in [3.63, 3.8) is 0 Å². The first-order valence-electron chi connectivity index (χ1n) is 6.59. The van der Waals surface area contributed by atoms with Crippen LogP contribution in [0.3, 0.4) is 0 Å². The number of carbonyl (C=O) groups excluding carboxylic acids is 1. The number of benzene rings is 1. The minimum Gasteiger partial charge on any atom is -0.361 e. The van der Waals surface area contributed by atoms with Crippen LogP contribution in [0.1, 0.15) is 25.3 Å². The summed E-state index contributed by atoms with van der Waals surface area (Å²) in [7, 11) is 0. The summed E-state index contributed by atoms with van der Waals surface area (Å²) in [5.41, 5.74) is 2.43. The van der Waals surface area contributed by atoms with Crippen molar-refractivity contribution in [3.05, 3.63) is 36.0 Å². The summed E-state index contributed by atoms with van der Waals surface area (Å²) >= 11 is 0. The Morgan fingerprint density at radius 1 is 1.44 bits per heavy atom. The van der Waals surface area contributed by atoms with Crippen LogP contribution < -0.4 is 5.32 Å². The molecule has 0 bridgehead atoms. The summed E-state index contributed by atoms with van der Waals surface area (Å²) in [5.74, 6) is 0.512. The number of carbonyl (C=O) groups is 1. The fourth-order valence-electron chi connectivity index (χ4n) is 2.39. The molecule has 18 heavy (non-hydrogen) atoms. The van der Waals surface area contributed by atoms with Crippen LogP contribution in [0.4, 0.5) is 0 Å². The third-order valence-corrected chi connectivity index (χ3v) is 3.54. The second-order valence-electron chi connectivity index (χ2n) is 5.25. The van der Waals surface area contributed by atoms with E-state index < -0.39 is 0 Å². The van der Waals surface area contributed by atoms with Gasteiger partial charge >= 0.3 is 0 Å². The molecule has 0 radical (unpaired) electrons. The largest absolute Gasteiger partial charge is 0.361 e. The second kappa shape index (κ2) is 4.48. The molecule has 0 unspecified atom stereocenters. The maximum Gasteiger partial charge on any atom is 0.223 e. The van der Waals surface area contributed by atoms with Crippen molar-refractivity contribution < 1.29 is 4.79 Å². The highest BCUT2D eigenvalue weighted by atomic mass is 16.2. The van der Waals surface area contributed by atoms with E-state index in [1.54, 1.807) is 0 Å². The van der Waals surface area contributed by atoms with Crippen LogP contribution in [0, 0.1) is 5.92 Å². The van der Waals surface area contributed by atoms with Crippen LogP contribution >= 0.6 is 0 Å². The molecule has 3 nitrogen and oxygen atoms in total. The van der Waals surface area contributed by atoms with Gasteiger partial charge in [-0.1, -0.05) is 18.2 Å². The van der Waals surface area contributed by atoms with Crippen LogP contribution in [-0.2, 0) is 11.2 Å².